The fourth-order valence-corrected chi connectivity index (χ4v) is 3.07. The first kappa shape index (κ1) is 26.3. The van der Waals surface area contributed by atoms with E-state index in [0.29, 0.717) is 42.4 Å². The van der Waals surface area contributed by atoms with Crippen LogP contribution in [0.5, 0.6) is 23.0 Å². The Morgan fingerprint density at radius 2 is 1.71 bits per heavy atom. The van der Waals surface area contributed by atoms with Crippen LogP contribution in [0.2, 0.25) is 0 Å². The number of carbonyl (C=O) groups excluding carboxylic acids is 2. The Balaban J connectivity index is 2.06. The molecule has 2 rings (SSSR count). The fraction of sp³-hybridized carbons (Fsp3) is 0.346. The summed E-state index contributed by atoms with van der Waals surface area (Å²) in [6.45, 7) is 4.84. The maximum Gasteiger partial charge on any atom is 0.311 e. The highest BCUT2D eigenvalue weighted by molar-refractivity contribution is 6.01. The quantitative estimate of drug-likeness (QED) is 0.217. The summed E-state index contributed by atoms with van der Waals surface area (Å²) in [5.74, 6) is 0.963. The van der Waals surface area contributed by atoms with Gasteiger partial charge in [-0.15, -0.1) is 0 Å². The van der Waals surface area contributed by atoms with Crippen LogP contribution in [-0.4, -0.2) is 39.2 Å². The summed E-state index contributed by atoms with van der Waals surface area (Å²) in [7, 11) is 3.02. The molecule has 0 aromatic heterocycles. The predicted octanol–water partition coefficient (Wildman–Crippen LogP) is 4.07. The number of nitrogens with one attached hydrogen (secondary N) is 1. The van der Waals surface area contributed by atoms with Crippen molar-refractivity contribution in [3.05, 3.63) is 53.1 Å². The van der Waals surface area contributed by atoms with Crippen molar-refractivity contribution >= 4 is 18.0 Å². The average Bonchev–Trinajstić information content (AvgIpc) is 2.85. The third kappa shape index (κ3) is 7.55. The lowest BCUT2D eigenvalue weighted by Crippen LogP contribution is -2.25. The van der Waals surface area contributed by atoms with E-state index >= 15 is 0 Å². The molecule has 34 heavy (non-hydrogen) atoms. The Morgan fingerprint density at radius 3 is 2.35 bits per heavy atom. The van der Waals surface area contributed by atoms with Crippen LogP contribution in [0.15, 0.2) is 42.0 Å². The Labute approximate surface area is 200 Å². The fourth-order valence-electron chi connectivity index (χ4n) is 3.07. The van der Waals surface area contributed by atoms with Gasteiger partial charge in [-0.25, -0.2) is 0 Å². The summed E-state index contributed by atoms with van der Waals surface area (Å²) in [6, 6.07) is 12.3. The molecule has 0 fully saturated rings. The van der Waals surface area contributed by atoms with Crippen LogP contribution in [-0.2, 0) is 16.0 Å². The third-order valence-corrected chi connectivity index (χ3v) is 4.77. The molecule has 0 radical (unpaired) electrons. The summed E-state index contributed by atoms with van der Waals surface area (Å²) in [5, 5.41) is 12.0. The van der Waals surface area contributed by atoms with Gasteiger partial charge in [0.2, 0.25) is 0 Å². The van der Waals surface area contributed by atoms with Crippen molar-refractivity contribution in [3.8, 4) is 29.1 Å². The van der Waals surface area contributed by atoms with Crippen LogP contribution in [0.3, 0.4) is 0 Å². The second-order valence-electron chi connectivity index (χ2n) is 7.23. The molecule has 0 aliphatic heterocycles. The van der Waals surface area contributed by atoms with Crippen molar-refractivity contribution in [1.82, 2.24) is 5.32 Å². The van der Waals surface area contributed by atoms with E-state index in [-0.39, 0.29) is 17.7 Å². The SMILES string of the molecule is CCCNC(=O)/C(C#N)=C/c1ccc(OC(=O)CCc2ccc(OCC)c(OC)c2)c(OC)c1. The van der Waals surface area contributed by atoms with Gasteiger partial charge >= 0.3 is 5.97 Å². The molecule has 1 amide bonds. The number of ether oxygens (including phenoxy) is 4. The molecule has 2 aromatic rings. The smallest absolute Gasteiger partial charge is 0.311 e. The first-order valence-corrected chi connectivity index (χ1v) is 11.0. The molecule has 0 heterocycles. The highest BCUT2D eigenvalue weighted by Gasteiger charge is 2.14. The first-order chi connectivity index (χ1) is 16.4. The highest BCUT2D eigenvalue weighted by Crippen LogP contribution is 2.30. The van der Waals surface area contributed by atoms with E-state index in [1.807, 2.05) is 38.1 Å². The van der Waals surface area contributed by atoms with Gasteiger partial charge in [-0.1, -0.05) is 19.1 Å². The monoisotopic (exact) mass is 466 g/mol. The maximum atomic E-state index is 12.4. The van der Waals surface area contributed by atoms with Gasteiger partial charge in [-0.3, -0.25) is 9.59 Å². The summed E-state index contributed by atoms with van der Waals surface area (Å²) in [5.41, 5.74) is 1.46. The molecular weight excluding hydrogens is 436 g/mol. The molecule has 0 saturated heterocycles. The zero-order valence-corrected chi connectivity index (χ0v) is 20.0. The van der Waals surface area contributed by atoms with Gasteiger partial charge in [0, 0.05) is 13.0 Å². The second kappa shape index (κ2) is 13.5. The van der Waals surface area contributed by atoms with Gasteiger partial charge in [0.1, 0.15) is 11.6 Å². The molecule has 180 valence electrons. The second-order valence-corrected chi connectivity index (χ2v) is 7.23. The number of esters is 1. The largest absolute Gasteiger partial charge is 0.493 e. The van der Waals surface area contributed by atoms with Crippen LogP contribution in [0.1, 0.15) is 37.8 Å². The highest BCUT2D eigenvalue weighted by atomic mass is 16.6. The molecule has 0 saturated carbocycles. The topological polar surface area (TPSA) is 107 Å². The number of benzene rings is 2. The zero-order valence-electron chi connectivity index (χ0n) is 20.0. The zero-order chi connectivity index (χ0) is 24.9. The van der Waals surface area contributed by atoms with Crippen LogP contribution >= 0.6 is 0 Å². The molecule has 1 N–H and O–H groups in total. The molecule has 0 aliphatic rings. The minimum atomic E-state index is -0.440. The van der Waals surface area contributed by atoms with E-state index in [4.69, 9.17) is 18.9 Å². The number of amides is 1. The van der Waals surface area contributed by atoms with E-state index in [9.17, 15) is 14.9 Å². The van der Waals surface area contributed by atoms with E-state index in [0.717, 1.165) is 12.0 Å². The predicted molar refractivity (Wildman–Crippen MR) is 128 cm³/mol. The van der Waals surface area contributed by atoms with Gasteiger partial charge in [0.25, 0.3) is 5.91 Å². The molecule has 8 heteroatoms. The van der Waals surface area contributed by atoms with Gasteiger partial charge in [0.15, 0.2) is 23.0 Å². The lowest BCUT2D eigenvalue weighted by atomic mass is 10.1. The van der Waals surface area contributed by atoms with Gasteiger partial charge in [-0.2, -0.15) is 5.26 Å². The minimum absolute atomic E-state index is 0.0222. The lowest BCUT2D eigenvalue weighted by molar-refractivity contribution is -0.134. The summed E-state index contributed by atoms with van der Waals surface area (Å²) in [6.07, 6.45) is 2.84. The van der Waals surface area contributed by atoms with Gasteiger partial charge in [0.05, 0.1) is 20.8 Å². The number of hydrogen-bond acceptors (Lipinski definition) is 7. The number of nitrogens with zero attached hydrogens (tertiary/aromatic N) is 1. The Kier molecular flexibility index (Phi) is 10.5. The van der Waals surface area contributed by atoms with Crippen LogP contribution in [0, 0.1) is 11.3 Å². The normalized spacial score (nSPS) is 10.7. The number of methoxy groups -OCH3 is 2. The van der Waals surface area contributed by atoms with Gasteiger partial charge < -0.3 is 24.3 Å². The van der Waals surface area contributed by atoms with Crippen molar-refractivity contribution in [1.29, 1.82) is 5.26 Å². The molecule has 8 nitrogen and oxygen atoms in total. The van der Waals surface area contributed by atoms with Gasteiger partial charge in [-0.05, 0) is 61.2 Å². The maximum absolute atomic E-state index is 12.4. The molecule has 0 aliphatic carbocycles. The van der Waals surface area contributed by atoms with Crippen molar-refractivity contribution in [3.63, 3.8) is 0 Å². The minimum Gasteiger partial charge on any atom is -0.493 e. The number of nitriles is 1. The Bertz CT molecular complexity index is 1070. The van der Waals surface area contributed by atoms with Crippen molar-refractivity contribution in [2.24, 2.45) is 0 Å². The number of carbonyl (C=O) groups is 2. The number of hydrogen-bond donors (Lipinski definition) is 1. The molecule has 0 bridgehead atoms. The molecule has 2 aromatic carbocycles. The summed E-state index contributed by atoms with van der Waals surface area (Å²) < 4.78 is 21.7. The van der Waals surface area contributed by atoms with Crippen LogP contribution < -0.4 is 24.3 Å². The third-order valence-electron chi connectivity index (χ3n) is 4.77. The Hall–Kier alpha value is -3.99. The summed E-state index contributed by atoms with van der Waals surface area (Å²) in [4.78, 5) is 24.5. The van der Waals surface area contributed by atoms with E-state index in [2.05, 4.69) is 5.32 Å². The van der Waals surface area contributed by atoms with Crippen molar-refractivity contribution < 1.29 is 28.5 Å². The molecular formula is C26H30N2O6. The lowest BCUT2D eigenvalue weighted by Gasteiger charge is -2.12. The first-order valence-electron chi connectivity index (χ1n) is 11.0. The molecule has 0 spiro atoms. The summed E-state index contributed by atoms with van der Waals surface area (Å²) >= 11 is 0. The molecule has 0 unspecified atom stereocenters. The van der Waals surface area contributed by atoms with Crippen molar-refractivity contribution in [2.75, 3.05) is 27.4 Å². The number of rotatable bonds is 12. The Morgan fingerprint density at radius 1 is 1.00 bits per heavy atom. The van der Waals surface area contributed by atoms with E-state index in [1.165, 1.54) is 13.2 Å². The van der Waals surface area contributed by atoms with E-state index < -0.39 is 11.9 Å². The van der Waals surface area contributed by atoms with Crippen LogP contribution in [0.25, 0.3) is 6.08 Å². The van der Waals surface area contributed by atoms with E-state index in [1.54, 1.807) is 25.3 Å². The molecule has 0 atom stereocenters. The number of aryl methyl sites for hydroxylation is 1. The standard InChI is InChI=1S/C26H30N2O6/c1-5-13-28-26(30)20(17-27)14-19-8-11-22(24(16-19)32-4)34-25(29)12-9-18-7-10-21(33-6-2)23(15-18)31-3/h7-8,10-11,14-16H,5-6,9,12-13H2,1-4H3,(H,28,30)/b20-14+. The van der Waals surface area contributed by atoms with Crippen molar-refractivity contribution in [2.45, 2.75) is 33.1 Å². The van der Waals surface area contributed by atoms with Crippen LogP contribution in [0.4, 0.5) is 0 Å². The average molecular weight is 467 g/mol.